The van der Waals surface area contributed by atoms with Crippen molar-refractivity contribution in [1.29, 1.82) is 0 Å². The molecule has 7 rings (SSSR count). The predicted octanol–water partition coefficient (Wildman–Crippen LogP) is 8.35. The normalized spacial score (nSPS) is 13.5. The van der Waals surface area contributed by atoms with Crippen LogP contribution in [0, 0.1) is 0 Å². The molecule has 1 aliphatic heterocycles. The van der Waals surface area contributed by atoms with Gasteiger partial charge in [-0.3, -0.25) is 0 Å². The summed E-state index contributed by atoms with van der Waals surface area (Å²) in [5.41, 5.74) is 10.6. The molecule has 0 saturated carbocycles. The summed E-state index contributed by atoms with van der Waals surface area (Å²) in [5.74, 6) is 1.35. The SMILES string of the molecule is CCC1(CC)CCc2ccc(-c3cccc(-c4cc(-c5ncccn5)cc(-c5ncccn5)c4)c3)cc2-c2cccc[n+]21. The highest BCUT2D eigenvalue weighted by molar-refractivity contribution is 5.81. The first kappa shape index (κ1) is 26.8. The molecule has 0 aliphatic carbocycles. The molecule has 0 amide bonds. The van der Waals surface area contributed by atoms with E-state index in [4.69, 9.17) is 0 Å². The third-order valence-corrected chi connectivity index (χ3v) is 9.04. The van der Waals surface area contributed by atoms with E-state index in [0.29, 0.717) is 11.6 Å². The van der Waals surface area contributed by atoms with Crippen LogP contribution in [-0.4, -0.2) is 19.9 Å². The third-order valence-electron chi connectivity index (χ3n) is 9.04. The van der Waals surface area contributed by atoms with Gasteiger partial charge in [-0.05, 0) is 82.8 Å². The molecule has 0 radical (unpaired) electrons. The Morgan fingerprint density at radius 1 is 0.581 bits per heavy atom. The molecule has 1 aliphatic rings. The van der Waals surface area contributed by atoms with Gasteiger partial charge < -0.3 is 0 Å². The minimum Gasteiger partial charge on any atom is -0.237 e. The first-order chi connectivity index (χ1) is 21.2. The molecule has 0 spiro atoms. The van der Waals surface area contributed by atoms with Gasteiger partial charge in [0.15, 0.2) is 23.4 Å². The quantitative estimate of drug-likeness (QED) is 0.192. The molecule has 6 aromatic rings. The van der Waals surface area contributed by atoms with Crippen molar-refractivity contribution in [2.75, 3.05) is 0 Å². The average molecular weight is 561 g/mol. The van der Waals surface area contributed by atoms with Gasteiger partial charge in [-0.15, -0.1) is 0 Å². The van der Waals surface area contributed by atoms with E-state index in [2.05, 4.69) is 123 Å². The van der Waals surface area contributed by atoms with Crippen LogP contribution in [0.1, 0.15) is 38.7 Å². The number of aryl methyl sites for hydroxylation is 1. The summed E-state index contributed by atoms with van der Waals surface area (Å²) in [6, 6.07) is 32.5. The van der Waals surface area contributed by atoms with Gasteiger partial charge in [-0.25, -0.2) is 19.9 Å². The Bertz CT molecular complexity index is 1840. The van der Waals surface area contributed by atoms with Crippen molar-refractivity contribution in [3.05, 3.63) is 128 Å². The zero-order valence-corrected chi connectivity index (χ0v) is 24.6. The van der Waals surface area contributed by atoms with E-state index >= 15 is 0 Å². The maximum absolute atomic E-state index is 4.52. The minimum absolute atomic E-state index is 0.142. The van der Waals surface area contributed by atoms with E-state index in [9.17, 15) is 0 Å². The molecule has 5 nitrogen and oxygen atoms in total. The Morgan fingerprint density at radius 3 is 1.81 bits per heavy atom. The molecule has 0 N–H and O–H groups in total. The van der Waals surface area contributed by atoms with Gasteiger partial charge in [-0.1, -0.05) is 44.2 Å². The summed E-state index contributed by atoms with van der Waals surface area (Å²) in [5, 5.41) is 0. The number of fused-ring (bicyclic) bond motifs is 3. The van der Waals surface area contributed by atoms with Crippen molar-refractivity contribution in [2.45, 2.75) is 45.1 Å². The first-order valence-electron chi connectivity index (χ1n) is 15.1. The van der Waals surface area contributed by atoms with Gasteiger partial charge in [0, 0.05) is 72.9 Å². The fraction of sp³-hybridized carbons (Fsp3) is 0.184. The molecule has 0 saturated heterocycles. The largest absolute Gasteiger partial charge is 0.237 e. The Kier molecular flexibility index (Phi) is 7.07. The lowest BCUT2D eigenvalue weighted by Gasteiger charge is -2.26. The van der Waals surface area contributed by atoms with E-state index in [1.165, 1.54) is 27.9 Å². The highest BCUT2D eigenvalue weighted by Crippen LogP contribution is 2.38. The lowest BCUT2D eigenvalue weighted by atomic mass is 9.86. The van der Waals surface area contributed by atoms with Crippen molar-refractivity contribution in [3.8, 4) is 56.3 Å². The van der Waals surface area contributed by atoms with E-state index < -0.39 is 0 Å². The van der Waals surface area contributed by atoms with Gasteiger partial charge >= 0.3 is 0 Å². The van der Waals surface area contributed by atoms with Crippen LogP contribution in [0.15, 0.2) is 122 Å². The molecular formula is C38H34N5+. The summed E-state index contributed by atoms with van der Waals surface area (Å²) >= 11 is 0. The van der Waals surface area contributed by atoms with Crippen LogP contribution in [0.25, 0.3) is 56.3 Å². The van der Waals surface area contributed by atoms with Gasteiger partial charge in [-0.2, -0.15) is 4.57 Å². The van der Waals surface area contributed by atoms with Crippen LogP contribution >= 0.6 is 0 Å². The maximum Gasteiger partial charge on any atom is 0.213 e. The minimum atomic E-state index is 0.142. The van der Waals surface area contributed by atoms with Crippen LogP contribution in [0.4, 0.5) is 0 Å². The highest BCUT2D eigenvalue weighted by atomic mass is 15.1. The molecule has 0 atom stereocenters. The lowest BCUT2D eigenvalue weighted by Crippen LogP contribution is -2.56. The molecule has 4 heterocycles. The molecule has 3 aromatic heterocycles. The number of rotatable bonds is 6. The van der Waals surface area contributed by atoms with Gasteiger partial charge in [0.05, 0.1) is 0 Å². The highest BCUT2D eigenvalue weighted by Gasteiger charge is 2.40. The molecule has 43 heavy (non-hydrogen) atoms. The Balaban J connectivity index is 1.33. The number of hydrogen-bond donors (Lipinski definition) is 0. The zero-order chi connectivity index (χ0) is 29.2. The second-order valence-corrected chi connectivity index (χ2v) is 11.3. The van der Waals surface area contributed by atoms with Crippen molar-refractivity contribution >= 4 is 0 Å². The number of hydrogen-bond acceptors (Lipinski definition) is 4. The predicted molar refractivity (Wildman–Crippen MR) is 172 cm³/mol. The molecule has 0 unspecified atom stereocenters. The average Bonchev–Trinajstić information content (AvgIpc) is 3.23. The summed E-state index contributed by atoms with van der Waals surface area (Å²) in [7, 11) is 0. The molecule has 5 heteroatoms. The van der Waals surface area contributed by atoms with Crippen LogP contribution in [-0.2, 0) is 12.0 Å². The van der Waals surface area contributed by atoms with Crippen molar-refractivity contribution in [2.24, 2.45) is 0 Å². The zero-order valence-electron chi connectivity index (χ0n) is 24.6. The summed E-state index contributed by atoms with van der Waals surface area (Å²) in [4.78, 5) is 18.1. The topological polar surface area (TPSA) is 55.4 Å². The number of nitrogens with zero attached hydrogens (tertiary/aromatic N) is 5. The Morgan fingerprint density at radius 2 is 1.16 bits per heavy atom. The molecule has 0 bridgehead atoms. The van der Waals surface area contributed by atoms with Crippen molar-refractivity contribution in [1.82, 2.24) is 19.9 Å². The van der Waals surface area contributed by atoms with Gasteiger partial charge in [0.2, 0.25) is 5.69 Å². The molecular weight excluding hydrogens is 526 g/mol. The first-order valence-corrected chi connectivity index (χ1v) is 15.1. The smallest absolute Gasteiger partial charge is 0.213 e. The summed E-state index contributed by atoms with van der Waals surface area (Å²) in [6.07, 6.45) is 13.8. The fourth-order valence-electron chi connectivity index (χ4n) is 6.55. The number of aromatic nitrogens is 5. The number of pyridine rings is 1. The van der Waals surface area contributed by atoms with Crippen molar-refractivity contribution in [3.63, 3.8) is 0 Å². The monoisotopic (exact) mass is 560 g/mol. The maximum atomic E-state index is 4.52. The van der Waals surface area contributed by atoms with Crippen LogP contribution < -0.4 is 4.57 Å². The summed E-state index contributed by atoms with van der Waals surface area (Å²) < 4.78 is 2.55. The molecule has 210 valence electrons. The Hall–Kier alpha value is -5.03. The van der Waals surface area contributed by atoms with Crippen LogP contribution in [0.5, 0.6) is 0 Å². The van der Waals surface area contributed by atoms with E-state index in [1.54, 1.807) is 24.8 Å². The van der Waals surface area contributed by atoms with Crippen LogP contribution in [0.2, 0.25) is 0 Å². The van der Waals surface area contributed by atoms with Crippen molar-refractivity contribution < 1.29 is 4.57 Å². The fourth-order valence-corrected chi connectivity index (χ4v) is 6.55. The molecule has 3 aromatic carbocycles. The second-order valence-electron chi connectivity index (χ2n) is 11.3. The third kappa shape index (κ3) is 5.01. The van der Waals surface area contributed by atoms with Gasteiger partial charge in [0.1, 0.15) is 0 Å². The second kappa shape index (κ2) is 11.3. The molecule has 0 fully saturated rings. The standard InChI is InChI=1S/C38H34N5/c1-3-38(4-2)16-15-27-13-14-30(26-34(27)35-12-5-6-21-43(35)38)28-10-7-11-29(22-28)31-23-32(36-39-17-8-18-40-36)25-33(24-31)37-41-19-9-20-42-37/h5-14,17-26H,3-4,15-16H2,1-2H3/q+1. The van der Waals surface area contributed by atoms with Gasteiger partial charge in [0.25, 0.3) is 0 Å². The van der Waals surface area contributed by atoms with E-state index in [1.807, 2.05) is 12.1 Å². The number of benzene rings is 3. The lowest BCUT2D eigenvalue weighted by molar-refractivity contribution is -0.757. The summed E-state index contributed by atoms with van der Waals surface area (Å²) in [6.45, 7) is 4.66. The van der Waals surface area contributed by atoms with E-state index in [0.717, 1.165) is 47.9 Å². The van der Waals surface area contributed by atoms with E-state index in [-0.39, 0.29) is 5.54 Å². The Labute approximate surface area is 253 Å². The van der Waals surface area contributed by atoms with Crippen LogP contribution in [0.3, 0.4) is 0 Å².